The SMILES string of the molecule is CCC(=O)N1CC(N)(C(C)C)C1. The zero-order valence-electron chi connectivity index (χ0n) is 8.13. The highest BCUT2D eigenvalue weighted by molar-refractivity contribution is 5.77. The highest BCUT2D eigenvalue weighted by Gasteiger charge is 2.43. The second-order valence-electron chi connectivity index (χ2n) is 3.99. The summed E-state index contributed by atoms with van der Waals surface area (Å²) in [6.07, 6.45) is 0.591. The Labute approximate surface area is 73.9 Å². The Morgan fingerprint density at radius 2 is 2.08 bits per heavy atom. The maximum Gasteiger partial charge on any atom is 0.222 e. The van der Waals surface area contributed by atoms with E-state index in [-0.39, 0.29) is 11.4 Å². The maximum absolute atomic E-state index is 11.2. The van der Waals surface area contributed by atoms with Crippen LogP contribution in [0.25, 0.3) is 0 Å². The van der Waals surface area contributed by atoms with Crippen molar-refractivity contribution in [3.05, 3.63) is 0 Å². The minimum Gasteiger partial charge on any atom is -0.339 e. The Kier molecular flexibility index (Phi) is 2.42. The second kappa shape index (κ2) is 3.05. The summed E-state index contributed by atoms with van der Waals surface area (Å²) in [4.78, 5) is 13.0. The molecule has 1 rings (SSSR count). The quantitative estimate of drug-likeness (QED) is 0.659. The lowest BCUT2D eigenvalue weighted by Gasteiger charge is -2.50. The first-order valence-corrected chi connectivity index (χ1v) is 4.56. The van der Waals surface area contributed by atoms with Gasteiger partial charge in [0.15, 0.2) is 0 Å². The first-order valence-electron chi connectivity index (χ1n) is 4.56. The van der Waals surface area contributed by atoms with Gasteiger partial charge in [0, 0.05) is 19.5 Å². The van der Waals surface area contributed by atoms with Crippen molar-refractivity contribution < 1.29 is 4.79 Å². The molecule has 1 aliphatic heterocycles. The smallest absolute Gasteiger partial charge is 0.222 e. The Hall–Kier alpha value is -0.570. The van der Waals surface area contributed by atoms with Crippen molar-refractivity contribution in [1.82, 2.24) is 4.90 Å². The standard InChI is InChI=1S/C9H18N2O/c1-4-8(12)11-5-9(10,6-11)7(2)3/h7H,4-6,10H2,1-3H3. The van der Waals surface area contributed by atoms with Crippen molar-refractivity contribution in [2.45, 2.75) is 32.7 Å². The zero-order chi connectivity index (χ0) is 9.35. The molecule has 3 nitrogen and oxygen atoms in total. The van der Waals surface area contributed by atoms with Crippen molar-refractivity contribution in [1.29, 1.82) is 0 Å². The van der Waals surface area contributed by atoms with Gasteiger partial charge in [-0.2, -0.15) is 0 Å². The minimum atomic E-state index is -0.120. The van der Waals surface area contributed by atoms with Crippen molar-refractivity contribution in [3.8, 4) is 0 Å². The molecule has 2 N–H and O–H groups in total. The molecular formula is C9H18N2O. The number of likely N-dealkylation sites (tertiary alicyclic amines) is 1. The molecule has 0 aliphatic carbocycles. The molecule has 1 amide bonds. The van der Waals surface area contributed by atoms with Crippen molar-refractivity contribution in [2.75, 3.05) is 13.1 Å². The van der Waals surface area contributed by atoms with Crippen LogP contribution in [0.4, 0.5) is 0 Å². The lowest BCUT2D eigenvalue weighted by Crippen LogP contribution is -2.71. The van der Waals surface area contributed by atoms with Crippen molar-refractivity contribution >= 4 is 5.91 Å². The topological polar surface area (TPSA) is 46.3 Å². The third kappa shape index (κ3) is 1.46. The third-order valence-electron chi connectivity index (χ3n) is 2.78. The Morgan fingerprint density at radius 3 is 2.42 bits per heavy atom. The molecule has 0 atom stereocenters. The van der Waals surface area contributed by atoms with E-state index in [0.29, 0.717) is 12.3 Å². The van der Waals surface area contributed by atoms with Gasteiger partial charge in [-0.05, 0) is 5.92 Å². The van der Waals surface area contributed by atoms with Gasteiger partial charge in [0.25, 0.3) is 0 Å². The Morgan fingerprint density at radius 1 is 1.58 bits per heavy atom. The number of carbonyl (C=O) groups excluding carboxylic acids is 1. The molecule has 0 aromatic rings. The molecule has 12 heavy (non-hydrogen) atoms. The van der Waals surface area contributed by atoms with Gasteiger partial charge in [-0.15, -0.1) is 0 Å². The summed E-state index contributed by atoms with van der Waals surface area (Å²) < 4.78 is 0. The molecule has 1 fully saturated rings. The van der Waals surface area contributed by atoms with Crippen LogP contribution in [-0.2, 0) is 4.79 Å². The van der Waals surface area contributed by atoms with Crippen LogP contribution >= 0.6 is 0 Å². The van der Waals surface area contributed by atoms with Crippen LogP contribution in [0.5, 0.6) is 0 Å². The fourth-order valence-electron chi connectivity index (χ4n) is 1.43. The van der Waals surface area contributed by atoms with E-state index in [4.69, 9.17) is 5.73 Å². The van der Waals surface area contributed by atoms with Crippen LogP contribution in [0, 0.1) is 5.92 Å². The molecule has 3 heteroatoms. The van der Waals surface area contributed by atoms with E-state index in [1.165, 1.54) is 0 Å². The van der Waals surface area contributed by atoms with E-state index in [1.807, 2.05) is 11.8 Å². The maximum atomic E-state index is 11.2. The van der Waals surface area contributed by atoms with Gasteiger partial charge in [-0.3, -0.25) is 4.79 Å². The molecule has 0 saturated carbocycles. The van der Waals surface area contributed by atoms with Gasteiger partial charge < -0.3 is 10.6 Å². The predicted molar refractivity (Wildman–Crippen MR) is 48.6 cm³/mol. The molecule has 1 heterocycles. The minimum absolute atomic E-state index is 0.120. The molecule has 0 unspecified atom stereocenters. The van der Waals surface area contributed by atoms with E-state index in [1.54, 1.807) is 0 Å². The molecule has 1 saturated heterocycles. The Bertz CT molecular complexity index is 183. The van der Waals surface area contributed by atoms with Crippen LogP contribution in [0.3, 0.4) is 0 Å². The average Bonchev–Trinajstić information content (AvgIpc) is 1.96. The summed E-state index contributed by atoms with van der Waals surface area (Å²) in [6.45, 7) is 7.56. The van der Waals surface area contributed by atoms with E-state index >= 15 is 0 Å². The third-order valence-corrected chi connectivity index (χ3v) is 2.78. The number of hydrogen-bond donors (Lipinski definition) is 1. The first kappa shape index (κ1) is 9.52. The fourth-order valence-corrected chi connectivity index (χ4v) is 1.43. The average molecular weight is 170 g/mol. The zero-order valence-corrected chi connectivity index (χ0v) is 8.13. The first-order chi connectivity index (χ1) is 5.49. The largest absolute Gasteiger partial charge is 0.339 e. The number of amides is 1. The highest BCUT2D eigenvalue weighted by atomic mass is 16.2. The Balaban J connectivity index is 2.41. The summed E-state index contributed by atoms with van der Waals surface area (Å²) >= 11 is 0. The van der Waals surface area contributed by atoms with Gasteiger partial charge in [-0.1, -0.05) is 20.8 Å². The normalized spacial score (nSPS) is 20.9. The molecule has 0 radical (unpaired) electrons. The molecule has 0 aromatic heterocycles. The number of hydrogen-bond acceptors (Lipinski definition) is 2. The summed E-state index contributed by atoms with van der Waals surface area (Å²) in [5.74, 6) is 0.676. The van der Waals surface area contributed by atoms with Crippen LogP contribution < -0.4 is 5.73 Å². The number of nitrogens with zero attached hydrogens (tertiary/aromatic N) is 1. The van der Waals surface area contributed by atoms with Crippen LogP contribution in [0.15, 0.2) is 0 Å². The van der Waals surface area contributed by atoms with Crippen LogP contribution in [0.2, 0.25) is 0 Å². The van der Waals surface area contributed by atoms with Gasteiger partial charge in [0.05, 0.1) is 5.54 Å². The molecule has 70 valence electrons. The van der Waals surface area contributed by atoms with Crippen LogP contribution in [-0.4, -0.2) is 29.4 Å². The lowest BCUT2D eigenvalue weighted by molar-refractivity contribution is -0.139. The summed E-state index contributed by atoms with van der Waals surface area (Å²) in [7, 11) is 0. The predicted octanol–water partition coefficient (Wildman–Crippen LogP) is 0.592. The molecule has 0 spiro atoms. The van der Waals surface area contributed by atoms with Gasteiger partial charge in [-0.25, -0.2) is 0 Å². The monoisotopic (exact) mass is 170 g/mol. The van der Waals surface area contributed by atoms with Gasteiger partial charge >= 0.3 is 0 Å². The summed E-state index contributed by atoms with van der Waals surface area (Å²) in [6, 6.07) is 0. The van der Waals surface area contributed by atoms with E-state index in [2.05, 4.69) is 13.8 Å². The highest BCUT2D eigenvalue weighted by Crippen LogP contribution is 2.26. The molecule has 0 aromatic carbocycles. The van der Waals surface area contributed by atoms with Crippen molar-refractivity contribution in [2.24, 2.45) is 11.7 Å². The van der Waals surface area contributed by atoms with Crippen LogP contribution in [0.1, 0.15) is 27.2 Å². The van der Waals surface area contributed by atoms with E-state index < -0.39 is 0 Å². The van der Waals surface area contributed by atoms with Gasteiger partial charge in [0.1, 0.15) is 0 Å². The summed E-state index contributed by atoms with van der Waals surface area (Å²) in [5, 5.41) is 0. The van der Waals surface area contributed by atoms with Crippen molar-refractivity contribution in [3.63, 3.8) is 0 Å². The number of rotatable bonds is 2. The van der Waals surface area contributed by atoms with Gasteiger partial charge in [0.2, 0.25) is 5.91 Å². The van der Waals surface area contributed by atoms with E-state index in [0.717, 1.165) is 13.1 Å². The second-order valence-corrected chi connectivity index (χ2v) is 3.99. The molecule has 1 aliphatic rings. The number of nitrogens with two attached hydrogens (primary N) is 1. The fraction of sp³-hybridized carbons (Fsp3) is 0.889. The lowest BCUT2D eigenvalue weighted by atomic mass is 9.80. The molecule has 0 bridgehead atoms. The molecular weight excluding hydrogens is 152 g/mol. The summed E-state index contributed by atoms with van der Waals surface area (Å²) in [5.41, 5.74) is 5.91. The number of carbonyl (C=O) groups is 1. The van der Waals surface area contributed by atoms with E-state index in [9.17, 15) is 4.79 Å².